The van der Waals surface area contributed by atoms with Crippen LogP contribution in [0.4, 0.5) is 0 Å². The highest BCUT2D eigenvalue weighted by atomic mass is 15.1. The van der Waals surface area contributed by atoms with Gasteiger partial charge in [-0.05, 0) is 12.1 Å². The van der Waals surface area contributed by atoms with E-state index in [-0.39, 0.29) is 0 Å². The number of aryl methyl sites for hydroxylation is 1. The molecule has 0 aliphatic carbocycles. The Morgan fingerprint density at radius 3 is 3.00 bits per heavy atom. The molecule has 0 aliphatic rings. The van der Waals surface area contributed by atoms with E-state index in [1.54, 1.807) is 18.5 Å². The zero-order chi connectivity index (χ0) is 10.7. The zero-order valence-corrected chi connectivity index (χ0v) is 8.38. The molecule has 4 heteroatoms. The van der Waals surface area contributed by atoms with E-state index in [2.05, 4.69) is 9.97 Å². The predicted octanol–water partition coefficient (Wildman–Crippen LogP) is 1.70. The molecule has 15 heavy (non-hydrogen) atoms. The summed E-state index contributed by atoms with van der Waals surface area (Å²) >= 11 is 0. The first kappa shape index (κ1) is 9.41. The van der Waals surface area contributed by atoms with Crippen LogP contribution < -0.4 is 0 Å². The fourth-order valence-corrected chi connectivity index (χ4v) is 1.46. The van der Waals surface area contributed by atoms with Gasteiger partial charge in [-0.1, -0.05) is 6.92 Å². The second-order valence-electron chi connectivity index (χ2n) is 3.08. The number of hydrogen-bond donors (Lipinski definition) is 0. The molecule has 0 saturated carbocycles. The maximum absolute atomic E-state index is 8.75. The van der Waals surface area contributed by atoms with E-state index in [1.165, 1.54) is 0 Å². The largest absolute Gasteiger partial charge is 0.304 e. The quantitative estimate of drug-likeness (QED) is 0.738. The molecule has 2 heterocycles. The maximum Gasteiger partial charge on any atom is 0.142 e. The van der Waals surface area contributed by atoms with Crippen molar-refractivity contribution < 1.29 is 0 Å². The van der Waals surface area contributed by atoms with E-state index in [4.69, 9.17) is 5.26 Å². The molecule has 0 saturated heterocycles. The summed E-state index contributed by atoms with van der Waals surface area (Å²) < 4.78 is 1.96. The number of rotatable bonds is 2. The SMILES string of the molecule is CCc1nccn1-c1ccnc(C#N)c1. The van der Waals surface area contributed by atoms with Gasteiger partial charge in [-0.25, -0.2) is 9.97 Å². The summed E-state index contributed by atoms with van der Waals surface area (Å²) in [6.45, 7) is 2.05. The van der Waals surface area contributed by atoms with E-state index in [9.17, 15) is 0 Å². The topological polar surface area (TPSA) is 54.5 Å². The molecule has 0 aliphatic heterocycles. The molecule has 0 unspecified atom stereocenters. The van der Waals surface area contributed by atoms with E-state index in [0.717, 1.165) is 17.9 Å². The summed E-state index contributed by atoms with van der Waals surface area (Å²) in [5, 5.41) is 8.75. The lowest BCUT2D eigenvalue weighted by Gasteiger charge is -2.05. The number of aromatic nitrogens is 3. The summed E-state index contributed by atoms with van der Waals surface area (Å²) in [6, 6.07) is 5.64. The van der Waals surface area contributed by atoms with Gasteiger partial charge < -0.3 is 4.57 Å². The molecule has 2 aromatic heterocycles. The number of imidazole rings is 1. The molecule has 0 bridgehead atoms. The normalized spacial score (nSPS) is 9.87. The molecule has 0 radical (unpaired) electrons. The van der Waals surface area contributed by atoms with Crippen molar-refractivity contribution in [2.75, 3.05) is 0 Å². The van der Waals surface area contributed by atoms with Crippen LogP contribution in [0.25, 0.3) is 5.69 Å². The van der Waals surface area contributed by atoms with Crippen molar-refractivity contribution >= 4 is 0 Å². The van der Waals surface area contributed by atoms with Gasteiger partial charge in [-0.3, -0.25) is 0 Å². The summed E-state index contributed by atoms with van der Waals surface area (Å²) in [4.78, 5) is 8.15. The van der Waals surface area contributed by atoms with Crippen molar-refractivity contribution in [1.29, 1.82) is 5.26 Å². The minimum atomic E-state index is 0.420. The van der Waals surface area contributed by atoms with Crippen molar-refractivity contribution in [3.05, 3.63) is 42.2 Å². The fourth-order valence-electron chi connectivity index (χ4n) is 1.46. The maximum atomic E-state index is 8.75. The van der Waals surface area contributed by atoms with Gasteiger partial charge in [0.25, 0.3) is 0 Å². The van der Waals surface area contributed by atoms with Crippen LogP contribution in [0.15, 0.2) is 30.7 Å². The van der Waals surface area contributed by atoms with Crippen molar-refractivity contribution in [3.8, 4) is 11.8 Å². The Bertz CT molecular complexity index is 507. The fraction of sp³-hybridized carbons (Fsp3) is 0.182. The van der Waals surface area contributed by atoms with Crippen molar-refractivity contribution in [1.82, 2.24) is 14.5 Å². The molecule has 2 rings (SSSR count). The average molecular weight is 198 g/mol. The number of hydrogen-bond acceptors (Lipinski definition) is 3. The van der Waals surface area contributed by atoms with Crippen LogP contribution in [-0.4, -0.2) is 14.5 Å². The van der Waals surface area contributed by atoms with Gasteiger partial charge in [0.2, 0.25) is 0 Å². The van der Waals surface area contributed by atoms with Crippen LogP contribution in [0.5, 0.6) is 0 Å². The Balaban J connectivity index is 2.50. The Hall–Kier alpha value is -2.15. The highest BCUT2D eigenvalue weighted by Crippen LogP contribution is 2.11. The second kappa shape index (κ2) is 3.93. The van der Waals surface area contributed by atoms with Crippen molar-refractivity contribution in [2.45, 2.75) is 13.3 Å². The van der Waals surface area contributed by atoms with Gasteiger partial charge in [0, 0.05) is 25.0 Å². The van der Waals surface area contributed by atoms with Crippen molar-refractivity contribution in [3.63, 3.8) is 0 Å². The summed E-state index contributed by atoms with van der Waals surface area (Å²) in [5.41, 5.74) is 1.35. The van der Waals surface area contributed by atoms with Crippen LogP contribution >= 0.6 is 0 Å². The first-order valence-electron chi connectivity index (χ1n) is 4.74. The van der Waals surface area contributed by atoms with Crippen LogP contribution in [0.3, 0.4) is 0 Å². The van der Waals surface area contributed by atoms with Gasteiger partial charge in [-0.15, -0.1) is 0 Å². The summed E-state index contributed by atoms with van der Waals surface area (Å²) in [7, 11) is 0. The molecular weight excluding hydrogens is 188 g/mol. The zero-order valence-electron chi connectivity index (χ0n) is 8.38. The molecule has 4 nitrogen and oxygen atoms in total. The number of nitrogens with zero attached hydrogens (tertiary/aromatic N) is 4. The van der Waals surface area contributed by atoms with Crippen LogP contribution in [0.2, 0.25) is 0 Å². The minimum Gasteiger partial charge on any atom is -0.304 e. The smallest absolute Gasteiger partial charge is 0.142 e. The van der Waals surface area contributed by atoms with Crippen LogP contribution in [-0.2, 0) is 6.42 Å². The van der Waals surface area contributed by atoms with Crippen molar-refractivity contribution in [2.24, 2.45) is 0 Å². The number of nitriles is 1. The molecule has 0 spiro atoms. The van der Waals surface area contributed by atoms with Crippen LogP contribution in [0, 0.1) is 11.3 Å². The van der Waals surface area contributed by atoms with Crippen LogP contribution in [0.1, 0.15) is 18.4 Å². The highest BCUT2D eigenvalue weighted by Gasteiger charge is 2.03. The van der Waals surface area contributed by atoms with Gasteiger partial charge in [0.05, 0.1) is 5.69 Å². The molecule has 74 valence electrons. The standard InChI is InChI=1S/C11H10N4/c1-2-11-14-5-6-15(11)10-3-4-13-9(7-10)8-12/h3-7H,2H2,1H3. The monoisotopic (exact) mass is 198 g/mol. The Morgan fingerprint density at radius 1 is 1.40 bits per heavy atom. The Kier molecular flexibility index (Phi) is 2.46. The predicted molar refractivity (Wildman–Crippen MR) is 55.5 cm³/mol. The van der Waals surface area contributed by atoms with E-state index < -0.39 is 0 Å². The van der Waals surface area contributed by atoms with Gasteiger partial charge in [0.15, 0.2) is 0 Å². The minimum absolute atomic E-state index is 0.420. The van der Waals surface area contributed by atoms with Gasteiger partial charge in [0.1, 0.15) is 17.6 Å². The summed E-state index contributed by atoms with van der Waals surface area (Å²) in [6.07, 6.45) is 6.13. The van der Waals surface area contributed by atoms with Gasteiger partial charge >= 0.3 is 0 Å². The third-order valence-electron chi connectivity index (χ3n) is 2.17. The third kappa shape index (κ3) is 1.72. The lowest BCUT2D eigenvalue weighted by molar-refractivity contribution is 0.888. The average Bonchev–Trinajstić information content (AvgIpc) is 2.77. The number of pyridine rings is 1. The molecule has 0 amide bonds. The molecule has 0 atom stereocenters. The van der Waals surface area contributed by atoms with E-state index in [1.807, 2.05) is 29.8 Å². The Morgan fingerprint density at radius 2 is 2.27 bits per heavy atom. The molecule has 0 fully saturated rings. The lowest BCUT2D eigenvalue weighted by atomic mass is 10.3. The van der Waals surface area contributed by atoms with E-state index >= 15 is 0 Å². The van der Waals surface area contributed by atoms with E-state index in [0.29, 0.717) is 5.69 Å². The molecule has 2 aromatic rings. The van der Waals surface area contributed by atoms with Gasteiger partial charge in [-0.2, -0.15) is 5.26 Å². The first-order valence-corrected chi connectivity index (χ1v) is 4.74. The first-order chi connectivity index (χ1) is 7.35. The molecule has 0 N–H and O–H groups in total. The Labute approximate surface area is 87.8 Å². The highest BCUT2D eigenvalue weighted by molar-refractivity contribution is 5.37. The molecule has 0 aromatic carbocycles. The summed E-state index contributed by atoms with van der Waals surface area (Å²) in [5.74, 6) is 0.977. The third-order valence-corrected chi connectivity index (χ3v) is 2.17. The second-order valence-corrected chi connectivity index (χ2v) is 3.08. The molecular formula is C11H10N4. The lowest BCUT2D eigenvalue weighted by Crippen LogP contribution is -1.99.